The third kappa shape index (κ3) is 3.36. The van der Waals surface area contributed by atoms with Gasteiger partial charge in [0.2, 0.25) is 0 Å². The summed E-state index contributed by atoms with van der Waals surface area (Å²) in [6.07, 6.45) is 8.77. The Labute approximate surface area is 128 Å². The first-order valence-electron chi connectivity index (χ1n) is 8.69. The lowest BCUT2D eigenvalue weighted by molar-refractivity contribution is 0.0205. The average Bonchev–Trinajstić information content (AvgIpc) is 3.09. The highest BCUT2D eigenvalue weighted by molar-refractivity contribution is 5.70. The highest BCUT2D eigenvalue weighted by Gasteiger charge is 2.49. The molecule has 4 heteroatoms. The number of nitrogens with zero attached hydrogens (tertiary/aromatic N) is 1. The fourth-order valence-electron chi connectivity index (χ4n) is 4.38. The minimum atomic E-state index is -0.392. The zero-order chi connectivity index (χ0) is 15.0. The zero-order valence-electron chi connectivity index (χ0n) is 13.7. The van der Waals surface area contributed by atoms with Crippen molar-refractivity contribution in [1.29, 1.82) is 0 Å². The Morgan fingerprint density at radius 3 is 2.57 bits per heavy atom. The van der Waals surface area contributed by atoms with E-state index >= 15 is 0 Å². The molecular formula is C17H30N2O2. The van der Waals surface area contributed by atoms with E-state index in [2.05, 4.69) is 5.32 Å². The predicted octanol–water partition coefficient (Wildman–Crippen LogP) is 3.31. The van der Waals surface area contributed by atoms with Crippen LogP contribution in [0.3, 0.4) is 0 Å². The number of hydrogen-bond donors (Lipinski definition) is 1. The Balaban J connectivity index is 1.54. The van der Waals surface area contributed by atoms with E-state index < -0.39 is 5.60 Å². The monoisotopic (exact) mass is 294 g/mol. The van der Waals surface area contributed by atoms with Crippen molar-refractivity contribution >= 4 is 6.09 Å². The van der Waals surface area contributed by atoms with Crippen LogP contribution in [0.5, 0.6) is 0 Å². The van der Waals surface area contributed by atoms with Crippen molar-refractivity contribution < 1.29 is 9.53 Å². The van der Waals surface area contributed by atoms with Crippen LogP contribution in [0, 0.1) is 5.92 Å². The standard InChI is InChI=1S/C17H30N2O2/c1-17(2,3)21-16(20)19-14-8-9-15(19)12(10-14)11-18-13-6-4-5-7-13/h12-15,18H,4-11H2,1-3H3. The maximum Gasteiger partial charge on any atom is 0.410 e. The van der Waals surface area contributed by atoms with Gasteiger partial charge in [-0.05, 0) is 58.8 Å². The van der Waals surface area contributed by atoms with E-state index in [0.29, 0.717) is 18.0 Å². The van der Waals surface area contributed by atoms with Gasteiger partial charge in [0.15, 0.2) is 0 Å². The molecule has 3 unspecified atom stereocenters. The molecule has 0 aromatic carbocycles. The van der Waals surface area contributed by atoms with E-state index in [4.69, 9.17) is 4.74 Å². The second-order valence-electron chi connectivity index (χ2n) is 8.07. The molecule has 0 spiro atoms. The number of carbonyl (C=O) groups is 1. The van der Waals surface area contributed by atoms with Gasteiger partial charge in [-0.3, -0.25) is 0 Å². The van der Waals surface area contributed by atoms with Gasteiger partial charge in [0.1, 0.15) is 5.60 Å². The first kappa shape index (κ1) is 15.1. The molecule has 3 fully saturated rings. The highest BCUT2D eigenvalue weighted by atomic mass is 16.6. The molecule has 120 valence electrons. The van der Waals surface area contributed by atoms with Crippen molar-refractivity contribution in [2.45, 2.75) is 89.4 Å². The van der Waals surface area contributed by atoms with Crippen molar-refractivity contribution in [3.63, 3.8) is 0 Å². The second kappa shape index (κ2) is 5.79. The summed E-state index contributed by atoms with van der Waals surface area (Å²) in [5, 5.41) is 3.74. The first-order chi connectivity index (χ1) is 9.94. The van der Waals surface area contributed by atoms with E-state index in [0.717, 1.165) is 31.8 Å². The summed E-state index contributed by atoms with van der Waals surface area (Å²) in [5.74, 6) is 0.622. The molecule has 21 heavy (non-hydrogen) atoms. The van der Waals surface area contributed by atoms with Gasteiger partial charge in [-0.1, -0.05) is 12.8 Å². The topological polar surface area (TPSA) is 41.6 Å². The van der Waals surface area contributed by atoms with E-state index in [1.807, 2.05) is 25.7 Å². The van der Waals surface area contributed by atoms with Crippen LogP contribution < -0.4 is 5.32 Å². The van der Waals surface area contributed by atoms with Crippen LogP contribution in [0.15, 0.2) is 0 Å². The van der Waals surface area contributed by atoms with Crippen molar-refractivity contribution in [2.24, 2.45) is 5.92 Å². The Morgan fingerprint density at radius 1 is 1.19 bits per heavy atom. The minimum Gasteiger partial charge on any atom is -0.444 e. The van der Waals surface area contributed by atoms with Crippen molar-refractivity contribution in [1.82, 2.24) is 10.2 Å². The first-order valence-corrected chi connectivity index (χ1v) is 8.69. The van der Waals surface area contributed by atoms with Gasteiger partial charge in [0, 0.05) is 24.7 Å². The maximum atomic E-state index is 12.4. The van der Waals surface area contributed by atoms with Gasteiger partial charge in [-0.2, -0.15) is 0 Å². The Hall–Kier alpha value is -0.770. The fraction of sp³-hybridized carbons (Fsp3) is 0.941. The number of rotatable bonds is 3. The van der Waals surface area contributed by atoms with Gasteiger partial charge in [0.05, 0.1) is 0 Å². The van der Waals surface area contributed by atoms with Gasteiger partial charge in [-0.25, -0.2) is 4.79 Å². The van der Waals surface area contributed by atoms with E-state index in [1.54, 1.807) is 0 Å². The third-order valence-electron chi connectivity index (χ3n) is 5.29. The van der Waals surface area contributed by atoms with E-state index in [-0.39, 0.29) is 6.09 Å². The normalized spacial score (nSPS) is 32.9. The lowest BCUT2D eigenvalue weighted by atomic mass is 9.89. The molecule has 0 aromatic rings. The quantitative estimate of drug-likeness (QED) is 0.868. The summed E-state index contributed by atoms with van der Waals surface area (Å²) in [4.78, 5) is 14.5. The molecule has 2 bridgehead atoms. The van der Waals surface area contributed by atoms with Crippen LogP contribution in [-0.4, -0.2) is 41.3 Å². The largest absolute Gasteiger partial charge is 0.444 e. The summed E-state index contributed by atoms with van der Waals surface area (Å²) >= 11 is 0. The minimum absolute atomic E-state index is 0.0987. The van der Waals surface area contributed by atoms with Crippen LogP contribution in [-0.2, 0) is 4.74 Å². The van der Waals surface area contributed by atoms with Gasteiger partial charge < -0.3 is 15.0 Å². The molecule has 1 N–H and O–H groups in total. The number of ether oxygens (including phenoxy) is 1. The Kier molecular flexibility index (Phi) is 4.17. The number of nitrogens with one attached hydrogen (secondary N) is 1. The van der Waals surface area contributed by atoms with E-state index in [9.17, 15) is 4.79 Å². The molecule has 0 radical (unpaired) electrons. The fourth-order valence-corrected chi connectivity index (χ4v) is 4.38. The Morgan fingerprint density at radius 2 is 1.90 bits per heavy atom. The molecule has 2 saturated heterocycles. The summed E-state index contributed by atoms with van der Waals surface area (Å²) in [7, 11) is 0. The summed E-state index contributed by atoms with van der Waals surface area (Å²) in [6.45, 7) is 6.91. The second-order valence-corrected chi connectivity index (χ2v) is 8.07. The van der Waals surface area contributed by atoms with Crippen LogP contribution in [0.25, 0.3) is 0 Å². The molecule has 3 rings (SSSR count). The third-order valence-corrected chi connectivity index (χ3v) is 5.29. The van der Waals surface area contributed by atoms with E-state index in [1.165, 1.54) is 25.7 Å². The number of amides is 1. The summed E-state index contributed by atoms with van der Waals surface area (Å²) in [6, 6.07) is 1.54. The molecule has 4 nitrogen and oxygen atoms in total. The van der Waals surface area contributed by atoms with Gasteiger partial charge >= 0.3 is 6.09 Å². The molecular weight excluding hydrogens is 264 g/mol. The van der Waals surface area contributed by atoms with Crippen molar-refractivity contribution in [3.8, 4) is 0 Å². The SMILES string of the molecule is CC(C)(C)OC(=O)N1C2CCC1C(CNC1CCCC1)C2. The zero-order valence-corrected chi connectivity index (χ0v) is 13.7. The molecule has 2 aliphatic heterocycles. The molecule has 1 aliphatic carbocycles. The number of carbonyl (C=O) groups excluding carboxylic acids is 1. The predicted molar refractivity (Wildman–Crippen MR) is 83.2 cm³/mol. The lowest BCUT2D eigenvalue weighted by Gasteiger charge is -2.28. The van der Waals surface area contributed by atoms with Gasteiger partial charge in [0.25, 0.3) is 0 Å². The molecule has 2 heterocycles. The number of hydrogen-bond acceptors (Lipinski definition) is 3. The van der Waals surface area contributed by atoms with Crippen LogP contribution in [0.2, 0.25) is 0 Å². The average molecular weight is 294 g/mol. The van der Waals surface area contributed by atoms with Crippen molar-refractivity contribution in [2.75, 3.05) is 6.54 Å². The summed E-state index contributed by atoms with van der Waals surface area (Å²) < 4.78 is 5.60. The number of fused-ring (bicyclic) bond motifs is 2. The maximum absolute atomic E-state index is 12.4. The lowest BCUT2D eigenvalue weighted by Crippen LogP contribution is -2.42. The molecule has 1 saturated carbocycles. The molecule has 3 atom stereocenters. The smallest absolute Gasteiger partial charge is 0.410 e. The highest BCUT2D eigenvalue weighted by Crippen LogP contribution is 2.42. The van der Waals surface area contributed by atoms with Crippen LogP contribution in [0.1, 0.15) is 65.7 Å². The molecule has 0 aromatic heterocycles. The van der Waals surface area contributed by atoms with Crippen LogP contribution >= 0.6 is 0 Å². The van der Waals surface area contributed by atoms with Crippen LogP contribution in [0.4, 0.5) is 4.79 Å². The van der Waals surface area contributed by atoms with Crippen molar-refractivity contribution in [3.05, 3.63) is 0 Å². The molecule has 1 amide bonds. The Bertz CT molecular complexity index is 385. The summed E-state index contributed by atoms with van der Waals surface area (Å²) in [5.41, 5.74) is -0.392. The van der Waals surface area contributed by atoms with Gasteiger partial charge in [-0.15, -0.1) is 0 Å². The molecule has 3 aliphatic rings.